The number of rotatable bonds is 6. The summed E-state index contributed by atoms with van der Waals surface area (Å²) in [4.78, 5) is 30.2. The topological polar surface area (TPSA) is 148 Å². The zero-order valence-corrected chi connectivity index (χ0v) is 12.2. The molecule has 0 saturated heterocycles. The highest BCUT2D eigenvalue weighted by Gasteiger charge is 2.27. The van der Waals surface area contributed by atoms with Crippen molar-refractivity contribution in [2.45, 2.75) is 24.7 Å². The van der Waals surface area contributed by atoms with E-state index in [9.17, 15) is 19.8 Å². The van der Waals surface area contributed by atoms with E-state index in [4.69, 9.17) is 5.73 Å². The third-order valence-corrected chi connectivity index (χ3v) is 3.99. The Labute approximate surface area is 123 Å². The summed E-state index contributed by atoms with van der Waals surface area (Å²) in [5.74, 6) is 0.690. The van der Waals surface area contributed by atoms with Crippen LogP contribution in [-0.4, -0.2) is 49.4 Å². The van der Waals surface area contributed by atoms with E-state index in [-0.39, 0.29) is 11.0 Å². The SMILES string of the molecule is CSCCC(O)C(O)C(N)c1c[nH]c2c(=O)[nH]c(=O)[nH]c12. The number of fused-ring (bicyclic) bond motifs is 1. The molecule has 0 spiro atoms. The van der Waals surface area contributed by atoms with E-state index in [0.717, 1.165) is 0 Å². The van der Waals surface area contributed by atoms with Crippen LogP contribution >= 0.6 is 11.8 Å². The van der Waals surface area contributed by atoms with Crippen molar-refractivity contribution in [3.63, 3.8) is 0 Å². The summed E-state index contributed by atoms with van der Waals surface area (Å²) in [5.41, 5.74) is 5.52. The molecule has 8 nitrogen and oxygen atoms in total. The number of hydrogen-bond acceptors (Lipinski definition) is 6. The van der Waals surface area contributed by atoms with Gasteiger partial charge in [-0.3, -0.25) is 9.78 Å². The van der Waals surface area contributed by atoms with E-state index < -0.39 is 29.5 Å². The van der Waals surface area contributed by atoms with E-state index in [0.29, 0.717) is 17.7 Å². The number of aromatic nitrogens is 3. The minimum atomic E-state index is -1.20. The number of hydrogen-bond donors (Lipinski definition) is 6. The second kappa shape index (κ2) is 6.48. The number of nitrogens with one attached hydrogen (secondary N) is 3. The average molecular weight is 314 g/mol. The lowest BCUT2D eigenvalue weighted by Gasteiger charge is -2.23. The molecular formula is C12H18N4O4S. The monoisotopic (exact) mass is 314 g/mol. The van der Waals surface area contributed by atoms with Crippen LogP contribution in [0.4, 0.5) is 0 Å². The minimum Gasteiger partial charge on any atom is -0.390 e. The number of aromatic amines is 3. The number of nitrogens with two attached hydrogens (primary N) is 1. The van der Waals surface area contributed by atoms with Crippen LogP contribution < -0.4 is 17.0 Å². The fourth-order valence-corrected chi connectivity index (χ4v) is 2.64. The maximum atomic E-state index is 11.6. The van der Waals surface area contributed by atoms with Gasteiger partial charge in [-0.2, -0.15) is 11.8 Å². The lowest BCUT2D eigenvalue weighted by molar-refractivity contribution is 0.00277. The maximum Gasteiger partial charge on any atom is 0.326 e. The van der Waals surface area contributed by atoms with Crippen molar-refractivity contribution in [1.82, 2.24) is 15.0 Å². The minimum absolute atomic E-state index is 0.172. The van der Waals surface area contributed by atoms with Gasteiger partial charge in [0.15, 0.2) is 0 Å². The van der Waals surface area contributed by atoms with Gasteiger partial charge in [0.05, 0.1) is 23.8 Å². The molecule has 2 rings (SSSR count). The van der Waals surface area contributed by atoms with Crippen molar-refractivity contribution in [1.29, 1.82) is 0 Å². The number of aliphatic hydroxyl groups excluding tert-OH is 2. The summed E-state index contributed by atoms with van der Waals surface area (Å²) in [5, 5.41) is 20.0. The Balaban J connectivity index is 2.33. The number of thioether (sulfide) groups is 1. The van der Waals surface area contributed by atoms with Crippen molar-refractivity contribution in [2.24, 2.45) is 5.73 Å². The van der Waals surface area contributed by atoms with Crippen LogP contribution in [-0.2, 0) is 0 Å². The largest absolute Gasteiger partial charge is 0.390 e. The van der Waals surface area contributed by atoms with E-state index in [1.165, 1.54) is 6.20 Å². The highest BCUT2D eigenvalue weighted by molar-refractivity contribution is 7.98. The summed E-state index contributed by atoms with van der Waals surface area (Å²) >= 11 is 1.55. The van der Waals surface area contributed by atoms with Gasteiger partial charge in [0.25, 0.3) is 5.56 Å². The Morgan fingerprint density at radius 2 is 2.00 bits per heavy atom. The predicted octanol–water partition coefficient (Wildman–Crippen LogP) is -0.981. The lowest BCUT2D eigenvalue weighted by Crippen LogP contribution is -2.37. The van der Waals surface area contributed by atoms with Gasteiger partial charge in [-0.25, -0.2) is 4.79 Å². The van der Waals surface area contributed by atoms with E-state index in [2.05, 4.69) is 15.0 Å². The standard InChI is InChI=1S/C12H18N4O4S/c1-21-3-2-6(17)10(18)7(13)5-4-14-9-8(5)15-12(20)16-11(9)19/h4,6-7,10,14,17-18H,2-3,13H2,1H3,(H2,15,16,19,20). The molecule has 0 radical (unpaired) electrons. The average Bonchev–Trinajstić information content (AvgIpc) is 2.87. The molecule has 0 aromatic carbocycles. The van der Waals surface area contributed by atoms with Gasteiger partial charge >= 0.3 is 5.69 Å². The molecule has 9 heteroatoms. The Bertz CT molecular complexity index is 722. The molecule has 3 unspecified atom stereocenters. The number of H-pyrrole nitrogens is 3. The van der Waals surface area contributed by atoms with Crippen LogP contribution in [0.25, 0.3) is 11.0 Å². The van der Waals surface area contributed by atoms with E-state index >= 15 is 0 Å². The molecule has 0 saturated carbocycles. The first-order chi connectivity index (χ1) is 9.95. The molecule has 0 aliphatic heterocycles. The lowest BCUT2D eigenvalue weighted by atomic mass is 9.98. The van der Waals surface area contributed by atoms with E-state index in [1.807, 2.05) is 6.26 Å². The van der Waals surface area contributed by atoms with Crippen molar-refractivity contribution in [3.05, 3.63) is 32.6 Å². The highest BCUT2D eigenvalue weighted by Crippen LogP contribution is 2.23. The molecule has 3 atom stereocenters. The van der Waals surface area contributed by atoms with Crippen molar-refractivity contribution >= 4 is 22.8 Å². The summed E-state index contributed by atoms with van der Waals surface area (Å²) < 4.78 is 0. The summed E-state index contributed by atoms with van der Waals surface area (Å²) in [6.07, 6.45) is 1.57. The molecule has 0 aliphatic rings. The smallest absolute Gasteiger partial charge is 0.326 e. The van der Waals surface area contributed by atoms with Crippen LogP contribution in [0.1, 0.15) is 18.0 Å². The summed E-state index contributed by atoms with van der Waals surface area (Å²) in [6, 6.07) is -0.923. The molecule has 116 valence electrons. The zero-order chi connectivity index (χ0) is 15.6. The fourth-order valence-electron chi connectivity index (χ4n) is 2.16. The van der Waals surface area contributed by atoms with Gasteiger partial charge in [-0.05, 0) is 18.4 Å². The molecule has 2 aromatic rings. The molecule has 2 heterocycles. The Morgan fingerprint density at radius 1 is 1.29 bits per heavy atom. The van der Waals surface area contributed by atoms with Crippen molar-refractivity contribution < 1.29 is 10.2 Å². The Morgan fingerprint density at radius 3 is 2.67 bits per heavy atom. The molecule has 21 heavy (non-hydrogen) atoms. The van der Waals surface area contributed by atoms with Gasteiger partial charge in [0.1, 0.15) is 5.52 Å². The fraction of sp³-hybridized carbons (Fsp3) is 0.500. The second-order valence-corrected chi connectivity index (χ2v) is 5.75. The molecule has 0 fully saturated rings. The molecule has 0 aliphatic carbocycles. The van der Waals surface area contributed by atoms with Crippen LogP contribution in [0.3, 0.4) is 0 Å². The summed E-state index contributed by atoms with van der Waals surface area (Å²) in [6.45, 7) is 0. The van der Waals surface area contributed by atoms with Crippen LogP contribution in [0.5, 0.6) is 0 Å². The molecule has 0 amide bonds. The first kappa shape index (κ1) is 15.8. The van der Waals surface area contributed by atoms with Crippen LogP contribution in [0.15, 0.2) is 15.8 Å². The van der Waals surface area contributed by atoms with Gasteiger partial charge in [0.2, 0.25) is 0 Å². The van der Waals surface area contributed by atoms with Crippen molar-refractivity contribution in [2.75, 3.05) is 12.0 Å². The normalized spacial score (nSPS) is 16.0. The first-order valence-corrected chi connectivity index (χ1v) is 7.79. The third-order valence-electron chi connectivity index (χ3n) is 3.34. The molecular weight excluding hydrogens is 296 g/mol. The first-order valence-electron chi connectivity index (χ1n) is 6.40. The third kappa shape index (κ3) is 3.21. The number of aliphatic hydroxyl groups is 2. The van der Waals surface area contributed by atoms with Crippen LogP contribution in [0.2, 0.25) is 0 Å². The zero-order valence-electron chi connectivity index (χ0n) is 11.4. The Hall–Kier alpha value is -1.55. The van der Waals surface area contributed by atoms with Crippen molar-refractivity contribution in [3.8, 4) is 0 Å². The maximum absolute atomic E-state index is 11.6. The van der Waals surface area contributed by atoms with Gasteiger partial charge in [0, 0.05) is 11.8 Å². The molecule has 2 aromatic heterocycles. The molecule has 0 bridgehead atoms. The van der Waals surface area contributed by atoms with Crippen LogP contribution in [0, 0.1) is 0 Å². The predicted molar refractivity (Wildman–Crippen MR) is 81.5 cm³/mol. The molecule has 7 N–H and O–H groups in total. The second-order valence-electron chi connectivity index (χ2n) is 4.77. The van der Waals surface area contributed by atoms with Gasteiger partial charge < -0.3 is 25.9 Å². The van der Waals surface area contributed by atoms with Gasteiger partial charge in [-0.15, -0.1) is 0 Å². The van der Waals surface area contributed by atoms with Gasteiger partial charge in [-0.1, -0.05) is 0 Å². The Kier molecular flexibility index (Phi) is 4.88. The quantitative estimate of drug-likeness (QED) is 0.404. The summed E-state index contributed by atoms with van der Waals surface area (Å²) in [7, 11) is 0. The highest BCUT2D eigenvalue weighted by atomic mass is 32.2. The van der Waals surface area contributed by atoms with E-state index in [1.54, 1.807) is 11.8 Å².